The molecule has 3 N–H and O–H groups in total. The molecule has 218 valence electrons. The molecule has 2 atom stereocenters. The lowest BCUT2D eigenvalue weighted by molar-refractivity contribution is -0.140. The third kappa shape index (κ3) is 6.03. The third-order valence-electron chi connectivity index (χ3n) is 7.50. The largest absolute Gasteiger partial charge is 0.508 e. The van der Waals surface area contributed by atoms with Crippen molar-refractivity contribution in [3.05, 3.63) is 112 Å². The summed E-state index contributed by atoms with van der Waals surface area (Å²) in [7, 11) is -1.95. The smallest absolute Gasteiger partial charge is 0.337 e. The molecule has 1 aliphatic heterocycles. The quantitative estimate of drug-likeness (QED) is 0.318. The molecule has 42 heavy (non-hydrogen) atoms. The van der Waals surface area contributed by atoms with Gasteiger partial charge in [-0.05, 0) is 48.7 Å². The van der Waals surface area contributed by atoms with Crippen LogP contribution in [0.1, 0.15) is 48.3 Å². The Labute approximate surface area is 244 Å². The molecule has 0 fully saturated rings. The van der Waals surface area contributed by atoms with Crippen LogP contribution in [0.3, 0.4) is 0 Å². The standard InChI is InChI=1S/C32H32N2O7S/c1-19-29(32(37)41-18-21-9-4-6-13-25(21)34-42(3,38)39)30(20-10-8-11-23(35)15-20)31-26(33-19)16-22(17-27(31)36)24-12-5-7-14-28(24)40-2/h4-15,22,30,33-35H,16-18H2,1-3H3/t22-,30-/m1/s1. The Hall–Kier alpha value is -4.57. The van der Waals surface area contributed by atoms with Crippen LogP contribution in [0.25, 0.3) is 0 Å². The van der Waals surface area contributed by atoms with E-state index in [-0.39, 0.29) is 36.1 Å². The number of Topliss-reactive ketones (excluding diaryl/α,β-unsaturated/α-hetero) is 1. The van der Waals surface area contributed by atoms with Crippen LogP contribution in [0.4, 0.5) is 5.69 Å². The van der Waals surface area contributed by atoms with Crippen LogP contribution in [0.15, 0.2) is 95.3 Å². The first-order valence-electron chi connectivity index (χ1n) is 13.4. The Balaban J connectivity index is 1.50. The number of carbonyl (C=O) groups excluding carboxylic acids is 2. The van der Waals surface area contributed by atoms with E-state index < -0.39 is 21.9 Å². The Bertz CT molecular complexity index is 1730. The number of hydrogen-bond donors (Lipinski definition) is 3. The van der Waals surface area contributed by atoms with Crippen LogP contribution in [0.5, 0.6) is 11.5 Å². The number of ketones is 1. The molecule has 10 heteroatoms. The number of hydrogen-bond acceptors (Lipinski definition) is 8. The zero-order valence-corrected chi connectivity index (χ0v) is 24.3. The highest BCUT2D eigenvalue weighted by molar-refractivity contribution is 7.92. The Morgan fingerprint density at radius 2 is 1.79 bits per heavy atom. The van der Waals surface area contributed by atoms with E-state index in [4.69, 9.17) is 9.47 Å². The van der Waals surface area contributed by atoms with Crippen LogP contribution in [-0.4, -0.2) is 38.6 Å². The van der Waals surface area contributed by atoms with Crippen molar-refractivity contribution < 1.29 is 32.6 Å². The molecule has 9 nitrogen and oxygen atoms in total. The SMILES string of the molecule is COc1ccccc1[C@H]1CC(=O)C2=C(C1)NC(C)=C(C(=O)OCc1ccccc1NS(C)(=O)=O)[C@H]2c1cccc(O)c1. The van der Waals surface area contributed by atoms with Gasteiger partial charge in [0.25, 0.3) is 0 Å². The lowest BCUT2D eigenvalue weighted by Gasteiger charge is -2.37. The lowest BCUT2D eigenvalue weighted by Crippen LogP contribution is -2.36. The number of benzene rings is 3. The fraction of sp³-hybridized carbons (Fsp3) is 0.250. The van der Waals surface area contributed by atoms with Crippen molar-refractivity contribution in [3.63, 3.8) is 0 Å². The van der Waals surface area contributed by atoms with Crippen LogP contribution in [-0.2, 0) is 31.0 Å². The van der Waals surface area contributed by atoms with E-state index in [0.717, 1.165) is 11.8 Å². The summed E-state index contributed by atoms with van der Waals surface area (Å²) in [6, 6.07) is 20.8. The third-order valence-corrected chi connectivity index (χ3v) is 8.09. The van der Waals surface area contributed by atoms with Gasteiger partial charge in [0.05, 0.1) is 24.6 Å². The van der Waals surface area contributed by atoms with Crippen molar-refractivity contribution in [1.82, 2.24) is 5.32 Å². The molecule has 2 aliphatic rings. The van der Waals surface area contributed by atoms with Crippen molar-refractivity contribution in [2.24, 2.45) is 0 Å². The van der Waals surface area contributed by atoms with Gasteiger partial charge in [-0.1, -0.05) is 48.5 Å². The Morgan fingerprint density at radius 3 is 2.52 bits per heavy atom. The number of methoxy groups -OCH3 is 1. The Morgan fingerprint density at radius 1 is 1.05 bits per heavy atom. The number of aromatic hydroxyl groups is 1. The van der Waals surface area contributed by atoms with Gasteiger partial charge in [-0.15, -0.1) is 0 Å². The summed E-state index contributed by atoms with van der Waals surface area (Å²) in [5, 5.41) is 13.6. The first kappa shape index (κ1) is 28.9. The predicted octanol–water partition coefficient (Wildman–Crippen LogP) is 4.88. The zero-order chi connectivity index (χ0) is 30.0. The number of esters is 1. The molecule has 0 amide bonds. The average molecular weight is 589 g/mol. The second-order valence-electron chi connectivity index (χ2n) is 10.5. The number of dihydropyridines is 1. The van der Waals surface area contributed by atoms with Gasteiger partial charge in [-0.3, -0.25) is 9.52 Å². The molecule has 0 aromatic heterocycles. The zero-order valence-electron chi connectivity index (χ0n) is 23.5. The summed E-state index contributed by atoms with van der Waals surface area (Å²) >= 11 is 0. The van der Waals surface area contributed by atoms with Crippen LogP contribution in [0, 0.1) is 0 Å². The number of anilines is 1. The normalized spacial score (nSPS) is 18.7. The Kier molecular flexibility index (Phi) is 8.08. The monoisotopic (exact) mass is 588 g/mol. The summed E-state index contributed by atoms with van der Waals surface area (Å²) in [5.74, 6) is -0.945. The first-order chi connectivity index (χ1) is 20.1. The summed E-state index contributed by atoms with van der Waals surface area (Å²) in [5.41, 5.74) is 4.25. The second kappa shape index (κ2) is 11.7. The van der Waals surface area contributed by atoms with Gasteiger partial charge in [0.2, 0.25) is 10.0 Å². The van der Waals surface area contributed by atoms with Gasteiger partial charge < -0.3 is 19.9 Å². The number of nitrogens with one attached hydrogen (secondary N) is 2. The summed E-state index contributed by atoms with van der Waals surface area (Å²) < 4.78 is 37.4. The van der Waals surface area contributed by atoms with Crippen molar-refractivity contribution >= 4 is 27.5 Å². The molecular weight excluding hydrogens is 556 g/mol. The van der Waals surface area contributed by atoms with Crippen LogP contribution in [0.2, 0.25) is 0 Å². The van der Waals surface area contributed by atoms with Gasteiger partial charge in [-0.25, -0.2) is 13.2 Å². The molecule has 1 heterocycles. The van der Waals surface area contributed by atoms with Gasteiger partial charge in [0, 0.05) is 40.8 Å². The summed E-state index contributed by atoms with van der Waals surface area (Å²) in [6.45, 7) is 1.56. The van der Waals surface area contributed by atoms with Crippen LogP contribution >= 0.6 is 0 Å². The minimum Gasteiger partial charge on any atom is -0.508 e. The number of phenols is 1. The van der Waals surface area contributed by atoms with Crippen molar-refractivity contribution in [1.29, 1.82) is 0 Å². The summed E-state index contributed by atoms with van der Waals surface area (Å²) in [6.07, 6.45) is 1.80. The van der Waals surface area contributed by atoms with Crippen molar-refractivity contribution in [3.8, 4) is 11.5 Å². The topological polar surface area (TPSA) is 131 Å². The molecule has 0 spiro atoms. The molecule has 0 bridgehead atoms. The molecule has 0 saturated heterocycles. The summed E-state index contributed by atoms with van der Waals surface area (Å²) in [4.78, 5) is 27.6. The highest BCUT2D eigenvalue weighted by Gasteiger charge is 2.42. The van der Waals surface area contributed by atoms with Gasteiger partial charge in [0.15, 0.2) is 5.78 Å². The molecule has 3 aromatic rings. The minimum absolute atomic E-state index is 0.00878. The van der Waals surface area contributed by atoms with E-state index in [2.05, 4.69) is 10.0 Å². The van der Waals surface area contributed by atoms with Gasteiger partial charge in [0.1, 0.15) is 18.1 Å². The van der Waals surface area contributed by atoms with E-state index in [9.17, 15) is 23.1 Å². The maximum absolute atomic E-state index is 13.9. The molecular formula is C32H32N2O7S. The molecule has 3 aromatic carbocycles. The maximum atomic E-state index is 13.9. The fourth-order valence-corrected chi connectivity index (χ4v) is 6.34. The van der Waals surface area contributed by atoms with Crippen molar-refractivity contribution in [2.75, 3.05) is 18.1 Å². The maximum Gasteiger partial charge on any atom is 0.337 e. The number of sulfonamides is 1. The predicted molar refractivity (Wildman–Crippen MR) is 158 cm³/mol. The molecule has 0 radical (unpaired) electrons. The second-order valence-corrected chi connectivity index (χ2v) is 12.2. The number of rotatable bonds is 8. The molecule has 0 saturated carbocycles. The van der Waals surface area contributed by atoms with E-state index in [1.165, 1.54) is 6.07 Å². The first-order valence-corrected chi connectivity index (χ1v) is 15.3. The number of phenolic OH excluding ortho intramolecular Hbond substituents is 1. The van der Waals surface area contributed by atoms with Gasteiger partial charge in [-0.2, -0.15) is 0 Å². The highest BCUT2D eigenvalue weighted by atomic mass is 32.2. The molecule has 1 aliphatic carbocycles. The number of ether oxygens (including phenoxy) is 2. The highest BCUT2D eigenvalue weighted by Crippen LogP contribution is 2.47. The fourth-order valence-electron chi connectivity index (χ4n) is 5.74. The lowest BCUT2D eigenvalue weighted by atomic mass is 9.71. The number of carbonyl (C=O) groups is 2. The van der Waals surface area contributed by atoms with E-state index >= 15 is 0 Å². The molecule has 0 unspecified atom stereocenters. The van der Waals surface area contributed by atoms with E-state index in [1.807, 2.05) is 24.3 Å². The molecule has 5 rings (SSSR count). The number of allylic oxidation sites excluding steroid dienone is 3. The van der Waals surface area contributed by atoms with Crippen LogP contribution < -0.4 is 14.8 Å². The van der Waals surface area contributed by atoms with Crippen molar-refractivity contribution in [2.45, 2.75) is 38.2 Å². The van der Waals surface area contributed by atoms with Gasteiger partial charge >= 0.3 is 5.97 Å². The number of para-hydroxylation sites is 2. The van der Waals surface area contributed by atoms with E-state index in [1.54, 1.807) is 56.5 Å². The minimum atomic E-state index is -3.55. The van der Waals surface area contributed by atoms with E-state index in [0.29, 0.717) is 46.0 Å². The average Bonchev–Trinajstić information content (AvgIpc) is 2.95.